The molecule has 6 aromatic carbocycles. The third-order valence-electron chi connectivity index (χ3n) is 11.4. The van der Waals surface area contributed by atoms with Gasteiger partial charge in [0.15, 0.2) is 5.82 Å². The van der Waals surface area contributed by atoms with Crippen molar-refractivity contribution in [3.8, 4) is 51.1 Å². The van der Waals surface area contributed by atoms with Crippen molar-refractivity contribution in [1.82, 2.24) is 19.1 Å². The fraction of sp³-hybridized carbons (Fsp3) is 0.130. The Kier molecular flexibility index (Phi) is 7.08. The van der Waals surface area contributed by atoms with Crippen LogP contribution >= 0.6 is 0 Å². The molecule has 0 N–H and O–H groups in total. The molecule has 1 aliphatic rings. The number of rotatable bonds is 9. The first kappa shape index (κ1) is 27.9. The molecule has 302 valence electrons. The summed E-state index contributed by atoms with van der Waals surface area (Å²) in [6.07, 6.45) is 10.5. The van der Waals surface area contributed by atoms with E-state index in [4.69, 9.17) is 28.4 Å². The third-order valence-corrected chi connectivity index (χ3v) is 11.4. The van der Waals surface area contributed by atoms with Gasteiger partial charge in [-0.3, -0.25) is 18.7 Å². The number of imidazole rings is 1. The van der Waals surface area contributed by atoms with Crippen LogP contribution in [-0.2, 0) is 0 Å². The Hall–Kier alpha value is -7.71. The molecule has 5 heterocycles. The Bertz CT molecular complexity index is 3700. The SMILES string of the molecule is [2H]c1c([2H])c([2H])c(-c2cccc(-c3c([2H])c([2H])c([2H])c([2H])c3[2H])c2-[n+]2[c-]n(-c3cc(Oc4ccc5c6ccccc6n(-c6cc(N7CCCCC7)ccn6)c5c4)ccn3)c3cccc(N(C)C)c32)c([2H])c1[2H]. The summed E-state index contributed by atoms with van der Waals surface area (Å²) in [6.45, 7) is 2.02. The van der Waals surface area contributed by atoms with Crippen LogP contribution in [0.5, 0.6) is 11.5 Å². The molecular weight excluding hydrogens is 763 g/mol. The number of hydrogen-bond acceptors (Lipinski definition) is 5. The van der Waals surface area contributed by atoms with Crippen LogP contribution in [0.3, 0.4) is 0 Å². The van der Waals surface area contributed by atoms with Gasteiger partial charge < -0.3 is 14.5 Å². The second kappa shape index (κ2) is 15.7. The summed E-state index contributed by atoms with van der Waals surface area (Å²) >= 11 is 0. The fourth-order valence-corrected chi connectivity index (χ4v) is 8.65. The lowest BCUT2D eigenvalue weighted by Gasteiger charge is -2.29. The number of benzene rings is 6. The van der Waals surface area contributed by atoms with Crippen LogP contribution < -0.4 is 19.1 Å². The molecule has 10 aromatic rings. The molecule has 1 saturated heterocycles. The van der Waals surface area contributed by atoms with Crippen LogP contribution in [0, 0.1) is 6.33 Å². The van der Waals surface area contributed by atoms with Gasteiger partial charge in [0.2, 0.25) is 0 Å². The molecule has 0 aliphatic carbocycles. The maximum atomic E-state index is 9.10. The molecule has 1 aliphatic heterocycles. The van der Waals surface area contributed by atoms with Crippen molar-refractivity contribution in [3.63, 3.8) is 0 Å². The Labute approximate surface area is 375 Å². The van der Waals surface area contributed by atoms with E-state index >= 15 is 0 Å². The third kappa shape index (κ3) is 6.61. The molecule has 1 fully saturated rings. The molecule has 8 heteroatoms. The average molecular weight is 818 g/mol. The van der Waals surface area contributed by atoms with Gasteiger partial charge in [-0.05, 0) is 77.9 Å². The van der Waals surface area contributed by atoms with Crippen LogP contribution in [0.25, 0.3) is 72.4 Å². The molecular formula is C54H45N7O. The summed E-state index contributed by atoms with van der Waals surface area (Å²) in [5.41, 5.74) is 4.99. The Morgan fingerprint density at radius 2 is 1.29 bits per heavy atom. The lowest BCUT2D eigenvalue weighted by Crippen LogP contribution is -2.33. The molecule has 0 unspecified atom stereocenters. The van der Waals surface area contributed by atoms with E-state index in [0.717, 1.165) is 59.2 Å². The van der Waals surface area contributed by atoms with Crippen molar-refractivity contribution in [3.05, 3.63) is 182 Å². The number of para-hydroxylation sites is 3. The number of nitrogens with zero attached hydrogens (tertiary/aromatic N) is 7. The van der Waals surface area contributed by atoms with Crippen molar-refractivity contribution in [2.45, 2.75) is 19.3 Å². The van der Waals surface area contributed by atoms with Crippen molar-refractivity contribution < 1.29 is 23.0 Å². The monoisotopic (exact) mass is 817 g/mol. The number of fused-ring (bicyclic) bond motifs is 4. The van der Waals surface area contributed by atoms with Gasteiger partial charge in [-0.15, -0.1) is 0 Å². The van der Waals surface area contributed by atoms with E-state index in [0.29, 0.717) is 34.0 Å². The standard InChI is InChI=1S/C54H45N7O/c1-57(2)48-24-15-25-49-54(48)60(53-43(38-16-6-3-7-17-38)21-14-22-44(53)39-18-8-4-9-19-39)37-59(49)51-36-42(29-31-55-51)62-41-26-27-46-45-20-10-11-23-47(45)61(50(46)35-41)52-34-40(28-30-56-52)58-32-12-5-13-33-58/h3-4,6-11,14-31,34-36H,5,12-13,32-33H2,1-2H3/i3D,4D,6D,7D,8D,9D,16D,17D,18D,19D. The van der Waals surface area contributed by atoms with Gasteiger partial charge >= 0.3 is 0 Å². The summed E-state index contributed by atoms with van der Waals surface area (Å²) in [7, 11) is 3.72. The van der Waals surface area contributed by atoms with E-state index in [9.17, 15) is 0 Å². The van der Waals surface area contributed by atoms with Crippen LogP contribution in [0.2, 0.25) is 0 Å². The quantitative estimate of drug-likeness (QED) is 0.107. The van der Waals surface area contributed by atoms with Crippen LogP contribution in [0.1, 0.15) is 33.0 Å². The van der Waals surface area contributed by atoms with Crippen LogP contribution in [0.4, 0.5) is 11.4 Å². The first-order chi connectivity index (χ1) is 34.7. The maximum absolute atomic E-state index is 9.10. The Balaban J connectivity index is 1.09. The molecule has 8 nitrogen and oxygen atoms in total. The molecule has 0 saturated carbocycles. The van der Waals surface area contributed by atoms with Crippen molar-refractivity contribution in [1.29, 1.82) is 0 Å². The first-order valence-electron chi connectivity index (χ1n) is 25.6. The highest BCUT2D eigenvalue weighted by atomic mass is 16.5. The van der Waals surface area contributed by atoms with Crippen LogP contribution in [-0.4, -0.2) is 46.3 Å². The summed E-state index contributed by atoms with van der Waals surface area (Å²) in [5, 5.41) is 2.12. The Morgan fingerprint density at radius 3 is 2.05 bits per heavy atom. The normalized spacial score (nSPS) is 15.2. The van der Waals surface area contributed by atoms with Gasteiger partial charge in [0.1, 0.15) is 22.8 Å². The Morgan fingerprint density at radius 1 is 0.629 bits per heavy atom. The lowest BCUT2D eigenvalue weighted by molar-refractivity contribution is -0.570. The molecule has 0 spiro atoms. The van der Waals surface area contributed by atoms with Gasteiger partial charge in [-0.2, -0.15) is 0 Å². The van der Waals surface area contributed by atoms with Gasteiger partial charge in [0.25, 0.3) is 6.33 Å². The fourth-order valence-electron chi connectivity index (χ4n) is 8.65. The number of hydrogen-bond donors (Lipinski definition) is 0. The van der Waals surface area contributed by atoms with E-state index in [1.807, 2.05) is 67.7 Å². The topological polar surface area (TPSA) is 55.2 Å². The van der Waals surface area contributed by atoms with E-state index in [1.165, 1.54) is 6.42 Å². The molecule has 0 amide bonds. The van der Waals surface area contributed by atoms with Gasteiger partial charge in [0, 0.05) is 79.9 Å². The van der Waals surface area contributed by atoms with Crippen molar-refractivity contribution in [2.75, 3.05) is 37.0 Å². The zero-order valence-corrected chi connectivity index (χ0v) is 34.0. The molecule has 4 aromatic heterocycles. The minimum atomic E-state index is -0.576. The largest absolute Gasteiger partial charge is 0.458 e. The zero-order chi connectivity index (χ0) is 50.3. The van der Waals surface area contributed by atoms with Crippen molar-refractivity contribution >= 4 is 44.2 Å². The molecule has 0 radical (unpaired) electrons. The first-order valence-corrected chi connectivity index (χ1v) is 20.6. The second-order valence-electron chi connectivity index (χ2n) is 15.4. The highest BCUT2D eigenvalue weighted by Crippen LogP contribution is 2.38. The number of anilines is 2. The maximum Gasteiger partial charge on any atom is 0.271 e. The van der Waals surface area contributed by atoms with Crippen molar-refractivity contribution in [2.24, 2.45) is 0 Å². The second-order valence-corrected chi connectivity index (χ2v) is 15.4. The smallest absolute Gasteiger partial charge is 0.271 e. The highest BCUT2D eigenvalue weighted by Gasteiger charge is 2.23. The molecule has 0 atom stereocenters. The summed E-state index contributed by atoms with van der Waals surface area (Å²) in [6, 6.07) is 27.1. The summed E-state index contributed by atoms with van der Waals surface area (Å²) in [4.78, 5) is 14.0. The van der Waals surface area contributed by atoms with E-state index in [1.54, 1.807) is 45.7 Å². The van der Waals surface area contributed by atoms with Gasteiger partial charge in [-0.1, -0.05) is 109 Å². The lowest BCUT2D eigenvalue weighted by atomic mass is 9.95. The molecule has 0 bridgehead atoms. The average Bonchev–Trinajstić information content (AvgIpc) is 3.95. The number of piperidine rings is 1. The summed E-state index contributed by atoms with van der Waals surface area (Å²) in [5.74, 6) is 2.21. The highest BCUT2D eigenvalue weighted by molar-refractivity contribution is 6.09. The van der Waals surface area contributed by atoms with Crippen LogP contribution in [0.15, 0.2) is 176 Å². The molecule has 11 rings (SSSR count). The predicted octanol–water partition coefficient (Wildman–Crippen LogP) is 11.8. The minimum absolute atomic E-state index is 0.136. The summed E-state index contributed by atoms with van der Waals surface area (Å²) < 4.78 is 99.9. The number of pyridine rings is 2. The number of ether oxygens (including phenoxy) is 1. The van der Waals surface area contributed by atoms with E-state index < -0.39 is 60.4 Å². The predicted molar refractivity (Wildman–Crippen MR) is 251 cm³/mol. The minimum Gasteiger partial charge on any atom is -0.458 e. The molecule has 62 heavy (non-hydrogen) atoms. The number of aromatic nitrogens is 5. The van der Waals surface area contributed by atoms with E-state index in [2.05, 4.69) is 46.1 Å². The van der Waals surface area contributed by atoms with E-state index in [-0.39, 0.29) is 27.9 Å². The zero-order valence-electron chi connectivity index (χ0n) is 44.0. The van der Waals surface area contributed by atoms with Gasteiger partial charge in [0.05, 0.1) is 35.9 Å². The van der Waals surface area contributed by atoms with Gasteiger partial charge in [-0.25, -0.2) is 4.98 Å².